The molecule has 5 heteroatoms. The van der Waals surface area contributed by atoms with Crippen molar-refractivity contribution in [3.63, 3.8) is 0 Å². The lowest BCUT2D eigenvalue weighted by Crippen LogP contribution is -2.54. The first kappa shape index (κ1) is 14.3. The minimum absolute atomic E-state index is 0.0803. The van der Waals surface area contributed by atoms with Crippen molar-refractivity contribution in [2.24, 2.45) is 5.92 Å². The molecule has 19 heavy (non-hydrogen) atoms. The molecule has 2 N–H and O–H groups in total. The van der Waals surface area contributed by atoms with Crippen molar-refractivity contribution >= 4 is 11.9 Å². The first-order chi connectivity index (χ1) is 8.91. The summed E-state index contributed by atoms with van der Waals surface area (Å²) in [5.41, 5.74) is -1.10. The normalized spacial score (nSPS) is 29.8. The van der Waals surface area contributed by atoms with Gasteiger partial charge >= 0.3 is 5.97 Å². The Morgan fingerprint density at radius 2 is 2.00 bits per heavy atom. The molecule has 2 rings (SSSR count). The lowest BCUT2D eigenvalue weighted by molar-refractivity contribution is -0.148. The van der Waals surface area contributed by atoms with E-state index in [1.807, 2.05) is 6.92 Å². The van der Waals surface area contributed by atoms with Crippen LogP contribution in [-0.4, -0.2) is 34.7 Å². The number of ether oxygens (including phenoxy) is 1. The maximum absolute atomic E-state index is 11.9. The molecule has 1 saturated carbocycles. The van der Waals surface area contributed by atoms with E-state index in [2.05, 4.69) is 5.32 Å². The molecule has 1 saturated heterocycles. The maximum Gasteiger partial charge on any atom is 0.329 e. The van der Waals surface area contributed by atoms with Gasteiger partial charge in [0.15, 0.2) is 0 Å². The standard InChI is InChI=1S/C14H23NO4/c1-9-3-6-11(19-9)7-8-12(16)15-14(2,13(17)18)10-4-5-10/h9-11H,3-8H2,1-2H3,(H,15,16)(H,17,18)/t9-,11-,14+/m1/s1. The van der Waals surface area contributed by atoms with E-state index in [1.165, 1.54) is 0 Å². The van der Waals surface area contributed by atoms with Gasteiger partial charge in [-0.25, -0.2) is 4.79 Å². The van der Waals surface area contributed by atoms with Gasteiger partial charge in [0.2, 0.25) is 5.91 Å². The summed E-state index contributed by atoms with van der Waals surface area (Å²) in [5, 5.41) is 12.0. The summed E-state index contributed by atoms with van der Waals surface area (Å²) in [5.74, 6) is -1.04. The fourth-order valence-electron chi connectivity index (χ4n) is 2.73. The second kappa shape index (κ2) is 5.49. The quantitative estimate of drug-likeness (QED) is 0.769. The SMILES string of the molecule is C[C@@H]1CC[C@H](CCC(=O)N[C@](C)(C(=O)O)C2CC2)O1. The molecular weight excluding hydrogens is 246 g/mol. The summed E-state index contributed by atoms with van der Waals surface area (Å²) < 4.78 is 5.65. The highest BCUT2D eigenvalue weighted by Crippen LogP contribution is 2.39. The third kappa shape index (κ3) is 3.47. The van der Waals surface area contributed by atoms with Gasteiger partial charge in [-0.05, 0) is 51.9 Å². The summed E-state index contributed by atoms with van der Waals surface area (Å²) >= 11 is 0. The third-order valence-electron chi connectivity index (χ3n) is 4.25. The summed E-state index contributed by atoms with van der Waals surface area (Å²) in [4.78, 5) is 23.2. The predicted octanol–water partition coefficient (Wildman–Crippen LogP) is 1.70. The Morgan fingerprint density at radius 1 is 1.32 bits per heavy atom. The van der Waals surface area contributed by atoms with Gasteiger partial charge in [-0.2, -0.15) is 0 Å². The van der Waals surface area contributed by atoms with Crippen LogP contribution in [0.5, 0.6) is 0 Å². The second-order valence-corrected chi connectivity index (χ2v) is 6.01. The summed E-state index contributed by atoms with van der Waals surface area (Å²) in [7, 11) is 0. The van der Waals surface area contributed by atoms with E-state index in [0.717, 1.165) is 25.7 Å². The van der Waals surface area contributed by atoms with E-state index < -0.39 is 11.5 Å². The first-order valence-electron chi connectivity index (χ1n) is 7.11. The lowest BCUT2D eigenvalue weighted by Gasteiger charge is -2.26. The molecule has 1 aliphatic carbocycles. The number of amides is 1. The number of carbonyl (C=O) groups is 2. The summed E-state index contributed by atoms with van der Waals surface area (Å²) in [6.45, 7) is 3.65. The van der Waals surface area contributed by atoms with Crippen molar-refractivity contribution in [3.8, 4) is 0 Å². The molecule has 0 aromatic rings. The molecule has 0 radical (unpaired) electrons. The average Bonchev–Trinajstić information content (AvgIpc) is 3.11. The molecule has 2 fully saturated rings. The van der Waals surface area contributed by atoms with Gasteiger partial charge < -0.3 is 15.2 Å². The van der Waals surface area contributed by atoms with Crippen LogP contribution in [0.4, 0.5) is 0 Å². The Kier molecular flexibility index (Phi) is 4.13. The molecule has 1 heterocycles. The van der Waals surface area contributed by atoms with Gasteiger partial charge in [-0.3, -0.25) is 4.79 Å². The molecule has 1 amide bonds. The molecule has 0 aromatic carbocycles. The topological polar surface area (TPSA) is 75.6 Å². The number of rotatable bonds is 6. The monoisotopic (exact) mass is 269 g/mol. The number of hydrogen-bond donors (Lipinski definition) is 2. The highest BCUT2D eigenvalue weighted by molar-refractivity contribution is 5.87. The van der Waals surface area contributed by atoms with Crippen LogP contribution in [0, 0.1) is 5.92 Å². The molecule has 2 aliphatic rings. The second-order valence-electron chi connectivity index (χ2n) is 6.01. The minimum atomic E-state index is -1.10. The molecule has 0 spiro atoms. The van der Waals surface area contributed by atoms with Crippen LogP contribution in [0.25, 0.3) is 0 Å². The van der Waals surface area contributed by atoms with Gasteiger partial charge in [-0.15, -0.1) is 0 Å². The third-order valence-corrected chi connectivity index (χ3v) is 4.25. The number of carboxylic acids is 1. The Morgan fingerprint density at radius 3 is 2.47 bits per heavy atom. The highest BCUT2D eigenvalue weighted by atomic mass is 16.5. The average molecular weight is 269 g/mol. The van der Waals surface area contributed by atoms with Crippen LogP contribution >= 0.6 is 0 Å². The van der Waals surface area contributed by atoms with Crippen LogP contribution in [-0.2, 0) is 14.3 Å². The van der Waals surface area contributed by atoms with Gasteiger partial charge in [0.05, 0.1) is 12.2 Å². The summed E-state index contributed by atoms with van der Waals surface area (Å²) in [6, 6.07) is 0. The van der Waals surface area contributed by atoms with Gasteiger partial charge in [0.1, 0.15) is 5.54 Å². The molecule has 0 bridgehead atoms. The van der Waals surface area contributed by atoms with E-state index in [-0.39, 0.29) is 24.0 Å². The Balaban J connectivity index is 1.78. The Bertz CT molecular complexity index is 366. The van der Waals surface area contributed by atoms with E-state index in [0.29, 0.717) is 12.8 Å². The van der Waals surface area contributed by atoms with Gasteiger partial charge in [0.25, 0.3) is 0 Å². The van der Waals surface area contributed by atoms with Crippen molar-refractivity contribution in [2.75, 3.05) is 0 Å². The van der Waals surface area contributed by atoms with Crippen LogP contribution in [0.2, 0.25) is 0 Å². The van der Waals surface area contributed by atoms with Crippen molar-refractivity contribution in [2.45, 2.75) is 70.1 Å². The first-order valence-corrected chi connectivity index (χ1v) is 7.11. The van der Waals surface area contributed by atoms with E-state index in [1.54, 1.807) is 6.92 Å². The zero-order valence-corrected chi connectivity index (χ0v) is 11.6. The number of aliphatic carboxylic acids is 1. The Hall–Kier alpha value is -1.10. The zero-order chi connectivity index (χ0) is 14.0. The molecule has 108 valence electrons. The number of hydrogen-bond acceptors (Lipinski definition) is 3. The highest BCUT2D eigenvalue weighted by Gasteiger charge is 2.48. The van der Waals surface area contributed by atoms with Crippen LogP contribution < -0.4 is 5.32 Å². The van der Waals surface area contributed by atoms with Crippen molar-refractivity contribution < 1.29 is 19.4 Å². The lowest BCUT2D eigenvalue weighted by atomic mass is 9.95. The van der Waals surface area contributed by atoms with E-state index in [4.69, 9.17) is 4.74 Å². The van der Waals surface area contributed by atoms with Gasteiger partial charge in [-0.1, -0.05) is 0 Å². The molecule has 0 aromatic heterocycles. The fraction of sp³-hybridized carbons (Fsp3) is 0.857. The molecule has 0 unspecified atom stereocenters. The van der Waals surface area contributed by atoms with E-state index >= 15 is 0 Å². The Labute approximate surface area is 113 Å². The molecule has 3 atom stereocenters. The maximum atomic E-state index is 11.9. The smallest absolute Gasteiger partial charge is 0.329 e. The molecule has 1 aliphatic heterocycles. The summed E-state index contributed by atoms with van der Waals surface area (Å²) in [6.07, 6.45) is 5.25. The largest absolute Gasteiger partial charge is 0.480 e. The number of carbonyl (C=O) groups excluding carboxylic acids is 1. The predicted molar refractivity (Wildman–Crippen MR) is 69.7 cm³/mol. The van der Waals surface area contributed by atoms with Crippen LogP contribution in [0.15, 0.2) is 0 Å². The van der Waals surface area contributed by atoms with Crippen molar-refractivity contribution in [1.29, 1.82) is 0 Å². The van der Waals surface area contributed by atoms with Crippen LogP contribution in [0.3, 0.4) is 0 Å². The zero-order valence-electron chi connectivity index (χ0n) is 11.6. The number of carboxylic acid groups (broad SMARTS) is 1. The van der Waals surface area contributed by atoms with Crippen LogP contribution in [0.1, 0.15) is 52.4 Å². The fourth-order valence-corrected chi connectivity index (χ4v) is 2.73. The van der Waals surface area contributed by atoms with Crippen molar-refractivity contribution in [3.05, 3.63) is 0 Å². The van der Waals surface area contributed by atoms with E-state index in [9.17, 15) is 14.7 Å². The number of nitrogens with one attached hydrogen (secondary N) is 1. The van der Waals surface area contributed by atoms with Crippen molar-refractivity contribution in [1.82, 2.24) is 5.32 Å². The molecule has 5 nitrogen and oxygen atoms in total. The molecular formula is C14H23NO4. The van der Waals surface area contributed by atoms with Gasteiger partial charge in [0, 0.05) is 6.42 Å². The minimum Gasteiger partial charge on any atom is -0.480 e.